The highest BCUT2D eigenvalue weighted by Gasteiger charge is 2.18. The molecule has 3 rings (SSSR count). The summed E-state index contributed by atoms with van der Waals surface area (Å²) in [6.45, 7) is 6.51. The smallest absolute Gasteiger partial charge is 0.309 e. The van der Waals surface area contributed by atoms with Gasteiger partial charge in [0.25, 0.3) is 0 Å². The van der Waals surface area contributed by atoms with E-state index in [1.807, 2.05) is 28.1 Å². The van der Waals surface area contributed by atoms with Crippen LogP contribution in [0.3, 0.4) is 0 Å². The van der Waals surface area contributed by atoms with Gasteiger partial charge in [-0.3, -0.25) is 9.20 Å². The quantitative estimate of drug-likeness (QED) is 0.795. The van der Waals surface area contributed by atoms with Gasteiger partial charge in [-0.05, 0) is 11.0 Å². The number of carboxylic acid groups (broad SMARTS) is 1. The van der Waals surface area contributed by atoms with Gasteiger partial charge in [0.15, 0.2) is 4.96 Å². The number of aromatic nitrogens is 2. The van der Waals surface area contributed by atoms with Crippen LogP contribution in [0.25, 0.3) is 16.2 Å². The molecule has 2 heterocycles. The lowest BCUT2D eigenvalue weighted by Gasteiger charge is -2.19. The van der Waals surface area contributed by atoms with Crippen molar-refractivity contribution >= 4 is 22.3 Å². The average Bonchev–Trinajstić information content (AvgIpc) is 3.00. The van der Waals surface area contributed by atoms with Crippen molar-refractivity contribution in [2.45, 2.75) is 32.6 Å². The topological polar surface area (TPSA) is 54.6 Å². The summed E-state index contributed by atoms with van der Waals surface area (Å²) in [7, 11) is 0. The second-order valence-electron chi connectivity index (χ2n) is 6.36. The molecule has 0 atom stereocenters. The number of thiazole rings is 1. The van der Waals surface area contributed by atoms with E-state index in [9.17, 15) is 4.79 Å². The Hall–Kier alpha value is -2.14. The third-order valence-corrected chi connectivity index (χ3v) is 4.46. The molecule has 22 heavy (non-hydrogen) atoms. The Balaban J connectivity index is 2.09. The lowest BCUT2D eigenvalue weighted by molar-refractivity contribution is -0.136. The van der Waals surface area contributed by atoms with Crippen molar-refractivity contribution in [1.82, 2.24) is 9.38 Å². The number of nitrogens with zero attached hydrogens (tertiary/aromatic N) is 2. The summed E-state index contributed by atoms with van der Waals surface area (Å²) in [4.78, 5) is 16.6. The summed E-state index contributed by atoms with van der Waals surface area (Å²) < 4.78 is 1.87. The molecule has 0 bridgehead atoms. The monoisotopic (exact) mass is 314 g/mol. The number of hydrogen-bond acceptors (Lipinski definition) is 3. The highest BCUT2D eigenvalue weighted by atomic mass is 32.1. The SMILES string of the molecule is CC(C)(C)c1ccc(-c2nc3sccn3c2CC(=O)O)cc1. The summed E-state index contributed by atoms with van der Waals surface area (Å²) in [6.07, 6.45) is 1.84. The van der Waals surface area contributed by atoms with Gasteiger partial charge in [-0.25, -0.2) is 4.98 Å². The number of carboxylic acids is 1. The minimum absolute atomic E-state index is 0.0335. The van der Waals surface area contributed by atoms with E-state index in [0.717, 1.165) is 21.9 Å². The first-order chi connectivity index (χ1) is 10.4. The van der Waals surface area contributed by atoms with Gasteiger partial charge in [-0.15, -0.1) is 11.3 Å². The molecule has 0 spiro atoms. The second kappa shape index (κ2) is 5.25. The van der Waals surface area contributed by atoms with E-state index < -0.39 is 5.97 Å². The van der Waals surface area contributed by atoms with Gasteiger partial charge in [0, 0.05) is 17.1 Å². The van der Waals surface area contributed by atoms with Gasteiger partial charge >= 0.3 is 5.97 Å². The molecule has 0 amide bonds. The van der Waals surface area contributed by atoms with Crippen molar-refractivity contribution in [3.63, 3.8) is 0 Å². The highest BCUT2D eigenvalue weighted by Crippen LogP contribution is 2.29. The second-order valence-corrected chi connectivity index (χ2v) is 7.23. The zero-order chi connectivity index (χ0) is 15.9. The Bertz CT molecular complexity index is 823. The number of hydrogen-bond donors (Lipinski definition) is 1. The Morgan fingerprint density at radius 1 is 1.27 bits per heavy atom. The first-order valence-corrected chi connectivity index (χ1v) is 8.01. The predicted molar refractivity (Wildman–Crippen MR) is 88.5 cm³/mol. The Kier molecular flexibility index (Phi) is 3.53. The van der Waals surface area contributed by atoms with Gasteiger partial charge in [0.05, 0.1) is 17.8 Å². The van der Waals surface area contributed by atoms with Crippen molar-refractivity contribution in [1.29, 1.82) is 0 Å². The lowest BCUT2D eigenvalue weighted by atomic mass is 9.86. The summed E-state index contributed by atoms with van der Waals surface area (Å²) in [6, 6.07) is 8.23. The summed E-state index contributed by atoms with van der Waals surface area (Å²) in [5.41, 5.74) is 3.79. The molecule has 3 aromatic rings. The summed E-state index contributed by atoms with van der Waals surface area (Å²) in [5.74, 6) is -0.847. The molecule has 0 saturated carbocycles. The van der Waals surface area contributed by atoms with Crippen molar-refractivity contribution in [2.75, 3.05) is 0 Å². The van der Waals surface area contributed by atoms with Crippen LogP contribution in [0.15, 0.2) is 35.8 Å². The molecule has 0 aliphatic carbocycles. The fourth-order valence-electron chi connectivity index (χ4n) is 2.50. The van der Waals surface area contributed by atoms with Gasteiger partial charge < -0.3 is 5.11 Å². The van der Waals surface area contributed by atoms with Crippen molar-refractivity contribution in [3.8, 4) is 11.3 Å². The molecule has 4 nitrogen and oxygen atoms in total. The van der Waals surface area contributed by atoms with Crippen LogP contribution in [0.4, 0.5) is 0 Å². The lowest BCUT2D eigenvalue weighted by Crippen LogP contribution is -2.10. The minimum Gasteiger partial charge on any atom is -0.481 e. The van der Waals surface area contributed by atoms with Gasteiger partial charge in [0.1, 0.15) is 0 Å². The summed E-state index contributed by atoms with van der Waals surface area (Å²) >= 11 is 1.51. The molecular formula is C17H18N2O2S. The first-order valence-electron chi connectivity index (χ1n) is 7.13. The van der Waals surface area contributed by atoms with E-state index in [2.05, 4.69) is 37.9 Å². The van der Waals surface area contributed by atoms with Crippen LogP contribution in [0.2, 0.25) is 0 Å². The molecule has 0 aliphatic heterocycles. The molecular weight excluding hydrogens is 296 g/mol. The number of carbonyl (C=O) groups is 1. The van der Waals surface area contributed by atoms with E-state index in [0.29, 0.717) is 0 Å². The Morgan fingerprint density at radius 2 is 1.95 bits per heavy atom. The van der Waals surface area contributed by atoms with Crippen LogP contribution < -0.4 is 0 Å². The molecule has 114 valence electrons. The van der Waals surface area contributed by atoms with Gasteiger partial charge in [-0.2, -0.15) is 0 Å². The van der Waals surface area contributed by atoms with Crippen LogP contribution in [-0.4, -0.2) is 20.5 Å². The fourth-order valence-corrected chi connectivity index (χ4v) is 3.24. The highest BCUT2D eigenvalue weighted by molar-refractivity contribution is 7.15. The Labute approximate surface area is 133 Å². The van der Waals surface area contributed by atoms with E-state index in [-0.39, 0.29) is 11.8 Å². The van der Waals surface area contributed by atoms with Crippen molar-refractivity contribution < 1.29 is 9.90 Å². The largest absolute Gasteiger partial charge is 0.481 e. The molecule has 2 aromatic heterocycles. The molecule has 0 radical (unpaired) electrons. The van der Waals surface area contributed by atoms with Crippen LogP contribution in [0, 0.1) is 0 Å². The summed E-state index contributed by atoms with van der Waals surface area (Å²) in [5, 5.41) is 11.1. The fraction of sp³-hybridized carbons (Fsp3) is 0.294. The van der Waals surface area contributed by atoms with Gasteiger partial charge in [-0.1, -0.05) is 45.0 Å². The average molecular weight is 314 g/mol. The van der Waals surface area contributed by atoms with Crippen LogP contribution in [-0.2, 0) is 16.6 Å². The molecule has 1 aromatic carbocycles. The number of fused-ring (bicyclic) bond motifs is 1. The molecule has 1 N–H and O–H groups in total. The standard InChI is InChI=1S/C17H18N2O2S/c1-17(2,3)12-6-4-11(5-7-12)15-13(10-14(20)21)19-8-9-22-16(19)18-15/h4-9H,10H2,1-3H3,(H,20,21). The van der Waals surface area contributed by atoms with E-state index in [1.54, 1.807) is 0 Å². The number of imidazole rings is 1. The van der Waals surface area contributed by atoms with Crippen LogP contribution >= 0.6 is 11.3 Å². The van der Waals surface area contributed by atoms with Crippen molar-refractivity contribution in [2.24, 2.45) is 0 Å². The molecule has 0 unspecified atom stereocenters. The zero-order valence-corrected chi connectivity index (χ0v) is 13.6. The van der Waals surface area contributed by atoms with E-state index in [1.165, 1.54) is 16.9 Å². The number of aliphatic carboxylic acids is 1. The van der Waals surface area contributed by atoms with Crippen LogP contribution in [0.5, 0.6) is 0 Å². The zero-order valence-electron chi connectivity index (χ0n) is 12.8. The number of benzene rings is 1. The van der Waals surface area contributed by atoms with E-state index >= 15 is 0 Å². The van der Waals surface area contributed by atoms with Crippen LogP contribution in [0.1, 0.15) is 32.0 Å². The normalized spacial score (nSPS) is 12.0. The maximum atomic E-state index is 11.2. The molecule has 0 fully saturated rings. The molecule has 0 saturated heterocycles. The van der Waals surface area contributed by atoms with Crippen molar-refractivity contribution in [3.05, 3.63) is 47.1 Å². The Morgan fingerprint density at radius 3 is 2.55 bits per heavy atom. The predicted octanol–water partition coefficient (Wildman–Crippen LogP) is 3.99. The first kappa shape index (κ1) is 14.8. The number of rotatable bonds is 3. The third kappa shape index (κ3) is 2.64. The maximum absolute atomic E-state index is 11.2. The van der Waals surface area contributed by atoms with Gasteiger partial charge in [0.2, 0.25) is 0 Å². The molecule has 5 heteroatoms. The maximum Gasteiger partial charge on any atom is 0.309 e. The van der Waals surface area contributed by atoms with E-state index in [4.69, 9.17) is 5.11 Å². The molecule has 0 aliphatic rings. The minimum atomic E-state index is -0.847. The third-order valence-electron chi connectivity index (χ3n) is 3.70.